The Bertz CT molecular complexity index is 489. The Labute approximate surface area is 119 Å². The molecule has 0 radical (unpaired) electrons. The number of carbonyl (C=O) groups excluding carboxylic acids is 1. The Hall–Kier alpha value is -1.39. The molecule has 4 heteroatoms. The van der Waals surface area contributed by atoms with Crippen LogP contribution in [0.5, 0.6) is 0 Å². The van der Waals surface area contributed by atoms with E-state index in [0.29, 0.717) is 19.6 Å². The Kier molecular flexibility index (Phi) is 4.03. The van der Waals surface area contributed by atoms with Gasteiger partial charge in [0, 0.05) is 19.1 Å². The topological polar surface area (TPSA) is 55.6 Å². The van der Waals surface area contributed by atoms with Gasteiger partial charge in [0.2, 0.25) is 5.91 Å². The molecule has 1 aromatic carbocycles. The molecule has 20 heavy (non-hydrogen) atoms. The Morgan fingerprint density at radius 2 is 2.25 bits per heavy atom. The van der Waals surface area contributed by atoms with Gasteiger partial charge < -0.3 is 15.4 Å². The third-order valence-corrected chi connectivity index (χ3v) is 4.26. The Morgan fingerprint density at radius 1 is 1.40 bits per heavy atom. The first-order valence-electron chi connectivity index (χ1n) is 7.47. The Morgan fingerprint density at radius 3 is 3.10 bits per heavy atom. The fourth-order valence-corrected chi connectivity index (χ4v) is 3.17. The molecule has 0 aromatic heterocycles. The van der Waals surface area contributed by atoms with Crippen molar-refractivity contribution in [2.45, 2.75) is 37.8 Å². The molecular formula is C16H22N2O2. The lowest BCUT2D eigenvalue weighted by atomic mass is 9.95. The van der Waals surface area contributed by atoms with E-state index in [9.17, 15) is 4.79 Å². The molecule has 1 fully saturated rings. The van der Waals surface area contributed by atoms with Crippen molar-refractivity contribution in [1.82, 2.24) is 4.90 Å². The van der Waals surface area contributed by atoms with Crippen LogP contribution in [-0.4, -0.2) is 36.5 Å². The van der Waals surface area contributed by atoms with Gasteiger partial charge >= 0.3 is 0 Å². The maximum absolute atomic E-state index is 12.4. The summed E-state index contributed by atoms with van der Waals surface area (Å²) in [5.41, 5.74) is 8.43. The normalized spacial score (nSPS) is 26.1. The highest BCUT2D eigenvalue weighted by atomic mass is 16.5. The number of fused-ring (bicyclic) bond motifs is 1. The van der Waals surface area contributed by atoms with Gasteiger partial charge in [0.25, 0.3) is 0 Å². The van der Waals surface area contributed by atoms with Crippen LogP contribution >= 0.6 is 0 Å². The molecule has 108 valence electrons. The molecule has 4 nitrogen and oxygen atoms in total. The van der Waals surface area contributed by atoms with Crippen molar-refractivity contribution < 1.29 is 9.53 Å². The van der Waals surface area contributed by atoms with Gasteiger partial charge in [-0.2, -0.15) is 0 Å². The van der Waals surface area contributed by atoms with Crippen molar-refractivity contribution in [1.29, 1.82) is 0 Å². The number of nitrogens with two attached hydrogens (primary N) is 1. The fourth-order valence-electron chi connectivity index (χ4n) is 3.17. The number of amides is 1. The third-order valence-electron chi connectivity index (χ3n) is 4.26. The summed E-state index contributed by atoms with van der Waals surface area (Å²) in [6.45, 7) is 2.22. The predicted octanol–water partition coefficient (Wildman–Crippen LogP) is 1.64. The quantitative estimate of drug-likeness (QED) is 0.892. The SMILES string of the molecule is N[C@@H]1CCCN(C(=O)C[C@@H]2OCCc3ccccc32)C1. The summed E-state index contributed by atoms with van der Waals surface area (Å²) in [5, 5.41) is 0. The maximum Gasteiger partial charge on any atom is 0.225 e. The average molecular weight is 274 g/mol. The zero-order chi connectivity index (χ0) is 13.9. The second-order valence-electron chi connectivity index (χ2n) is 5.75. The van der Waals surface area contributed by atoms with Crippen molar-refractivity contribution in [3.05, 3.63) is 35.4 Å². The van der Waals surface area contributed by atoms with E-state index >= 15 is 0 Å². The number of carbonyl (C=O) groups is 1. The van der Waals surface area contributed by atoms with Gasteiger partial charge in [-0.25, -0.2) is 0 Å². The lowest BCUT2D eigenvalue weighted by molar-refractivity contribution is -0.135. The molecule has 3 rings (SSSR count). The lowest BCUT2D eigenvalue weighted by Crippen LogP contribution is -2.46. The molecule has 0 aliphatic carbocycles. The number of piperidine rings is 1. The second kappa shape index (κ2) is 5.94. The van der Waals surface area contributed by atoms with Crippen LogP contribution in [-0.2, 0) is 16.0 Å². The zero-order valence-electron chi connectivity index (χ0n) is 11.8. The van der Waals surface area contributed by atoms with Gasteiger partial charge in [-0.1, -0.05) is 24.3 Å². The smallest absolute Gasteiger partial charge is 0.225 e. The van der Waals surface area contributed by atoms with E-state index in [1.165, 1.54) is 11.1 Å². The maximum atomic E-state index is 12.4. The monoisotopic (exact) mass is 274 g/mol. The predicted molar refractivity (Wildman–Crippen MR) is 77.2 cm³/mol. The first kappa shape index (κ1) is 13.6. The van der Waals surface area contributed by atoms with Gasteiger partial charge in [-0.05, 0) is 30.4 Å². The largest absolute Gasteiger partial charge is 0.373 e. The van der Waals surface area contributed by atoms with Gasteiger partial charge in [-0.3, -0.25) is 4.79 Å². The highest BCUT2D eigenvalue weighted by molar-refractivity contribution is 5.77. The average Bonchev–Trinajstić information content (AvgIpc) is 2.47. The number of hydrogen-bond acceptors (Lipinski definition) is 3. The van der Waals surface area contributed by atoms with E-state index in [-0.39, 0.29) is 18.1 Å². The van der Waals surface area contributed by atoms with Crippen LogP contribution in [0.25, 0.3) is 0 Å². The molecular weight excluding hydrogens is 252 g/mol. The van der Waals surface area contributed by atoms with Crippen LogP contribution in [0.2, 0.25) is 0 Å². The number of ether oxygens (including phenoxy) is 1. The summed E-state index contributed by atoms with van der Waals surface area (Å²) in [6.07, 6.45) is 3.31. The summed E-state index contributed by atoms with van der Waals surface area (Å²) < 4.78 is 5.81. The summed E-state index contributed by atoms with van der Waals surface area (Å²) in [4.78, 5) is 14.3. The molecule has 0 saturated carbocycles. The van der Waals surface area contributed by atoms with Gasteiger partial charge in [0.1, 0.15) is 0 Å². The summed E-state index contributed by atoms with van der Waals surface area (Å²) in [6, 6.07) is 8.40. The van der Waals surface area contributed by atoms with Gasteiger partial charge in [0.05, 0.1) is 19.1 Å². The number of likely N-dealkylation sites (tertiary alicyclic amines) is 1. The first-order valence-corrected chi connectivity index (χ1v) is 7.47. The van der Waals surface area contributed by atoms with E-state index in [4.69, 9.17) is 10.5 Å². The van der Waals surface area contributed by atoms with E-state index in [2.05, 4.69) is 12.1 Å². The molecule has 1 amide bonds. The number of nitrogens with zero attached hydrogens (tertiary/aromatic N) is 1. The highest BCUT2D eigenvalue weighted by Gasteiger charge is 2.27. The molecule has 1 saturated heterocycles. The zero-order valence-corrected chi connectivity index (χ0v) is 11.8. The van der Waals surface area contributed by atoms with Crippen molar-refractivity contribution in [3.8, 4) is 0 Å². The molecule has 2 aliphatic rings. The van der Waals surface area contributed by atoms with Gasteiger partial charge in [-0.15, -0.1) is 0 Å². The van der Waals surface area contributed by atoms with Crippen molar-refractivity contribution in [2.75, 3.05) is 19.7 Å². The van der Waals surface area contributed by atoms with Crippen LogP contribution < -0.4 is 5.73 Å². The lowest BCUT2D eigenvalue weighted by Gasteiger charge is -2.33. The van der Waals surface area contributed by atoms with E-state index in [1.54, 1.807) is 0 Å². The molecule has 0 spiro atoms. The molecule has 1 aromatic rings. The third kappa shape index (κ3) is 2.86. The molecule has 0 bridgehead atoms. The van der Waals surface area contributed by atoms with E-state index < -0.39 is 0 Å². The van der Waals surface area contributed by atoms with Gasteiger partial charge in [0.15, 0.2) is 0 Å². The number of benzene rings is 1. The second-order valence-corrected chi connectivity index (χ2v) is 5.75. The molecule has 2 N–H and O–H groups in total. The number of rotatable bonds is 2. The minimum Gasteiger partial charge on any atom is -0.373 e. The summed E-state index contributed by atoms with van der Waals surface area (Å²) in [7, 11) is 0. The van der Waals surface area contributed by atoms with Crippen molar-refractivity contribution >= 4 is 5.91 Å². The minimum atomic E-state index is -0.0920. The van der Waals surface area contributed by atoms with Crippen LogP contribution in [0.3, 0.4) is 0 Å². The van der Waals surface area contributed by atoms with Crippen molar-refractivity contribution in [2.24, 2.45) is 5.73 Å². The molecule has 2 atom stereocenters. The van der Waals surface area contributed by atoms with Crippen molar-refractivity contribution in [3.63, 3.8) is 0 Å². The molecule has 0 unspecified atom stereocenters. The van der Waals surface area contributed by atoms with E-state index in [1.807, 2.05) is 17.0 Å². The standard InChI is InChI=1S/C16H22N2O2/c17-13-5-3-8-18(11-13)16(19)10-15-14-6-2-1-4-12(14)7-9-20-15/h1-2,4,6,13,15H,3,5,7-11,17H2/t13-,15+/m1/s1. The molecule has 2 heterocycles. The Balaban J connectivity index is 1.68. The fraction of sp³-hybridized carbons (Fsp3) is 0.562. The molecule has 2 aliphatic heterocycles. The summed E-state index contributed by atoms with van der Waals surface area (Å²) in [5.74, 6) is 0.168. The minimum absolute atomic E-state index is 0.0920. The number of hydrogen-bond donors (Lipinski definition) is 1. The summed E-state index contributed by atoms with van der Waals surface area (Å²) >= 11 is 0. The van der Waals surface area contributed by atoms with Crippen LogP contribution in [0, 0.1) is 0 Å². The highest BCUT2D eigenvalue weighted by Crippen LogP contribution is 2.30. The first-order chi connectivity index (χ1) is 9.74. The van der Waals surface area contributed by atoms with Crippen LogP contribution in [0.4, 0.5) is 0 Å². The van der Waals surface area contributed by atoms with Crippen LogP contribution in [0.15, 0.2) is 24.3 Å². The van der Waals surface area contributed by atoms with E-state index in [0.717, 1.165) is 25.8 Å². The van der Waals surface area contributed by atoms with Crippen LogP contribution in [0.1, 0.15) is 36.5 Å².